The first-order valence-electron chi connectivity index (χ1n) is 8.84. The van der Waals surface area contributed by atoms with Crippen molar-refractivity contribution >= 4 is 12.1 Å². The molecule has 0 unspecified atom stereocenters. The lowest BCUT2D eigenvalue weighted by Gasteiger charge is -2.22. The number of carboxylic acid groups (broad SMARTS) is 1. The molecule has 3 N–H and O–H groups in total. The molecule has 7 nitrogen and oxygen atoms in total. The summed E-state index contributed by atoms with van der Waals surface area (Å²) in [6, 6.07) is 12.8. The summed E-state index contributed by atoms with van der Waals surface area (Å²) in [7, 11) is 0. The van der Waals surface area contributed by atoms with Crippen molar-refractivity contribution in [3.8, 4) is 11.5 Å². The predicted molar refractivity (Wildman–Crippen MR) is 103 cm³/mol. The van der Waals surface area contributed by atoms with Gasteiger partial charge in [0.1, 0.15) is 29.7 Å². The Morgan fingerprint density at radius 1 is 1.07 bits per heavy atom. The molecule has 1 atom stereocenters. The second-order valence-electron chi connectivity index (χ2n) is 7.35. The monoisotopic (exact) mass is 387 g/mol. The third kappa shape index (κ3) is 7.19. The third-order valence-electron chi connectivity index (χ3n) is 3.63. The highest BCUT2D eigenvalue weighted by molar-refractivity contribution is 5.80. The molecule has 0 saturated carbocycles. The zero-order chi connectivity index (χ0) is 20.7. The van der Waals surface area contributed by atoms with Crippen LogP contribution in [0.3, 0.4) is 0 Å². The van der Waals surface area contributed by atoms with Gasteiger partial charge in [0.2, 0.25) is 0 Å². The molecule has 2 rings (SSSR count). The number of benzene rings is 2. The van der Waals surface area contributed by atoms with E-state index in [2.05, 4.69) is 5.32 Å². The van der Waals surface area contributed by atoms with E-state index in [1.807, 2.05) is 30.3 Å². The number of carboxylic acids is 1. The molecule has 2 aromatic rings. The van der Waals surface area contributed by atoms with E-state index in [0.29, 0.717) is 17.9 Å². The van der Waals surface area contributed by atoms with Gasteiger partial charge in [-0.05, 0) is 44.0 Å². The number of carbonyl (C=O) groups excluding carboxylic acids is 1. The molecule has 0 spiro atoms. The first-order valence-corrected chi connectivity index (χ1v) is 8.84. The van der Waals surface area contributed by atoms with Crippen molar-refractivity contribution in [1.82, 2.24) is 5.32 Å². The van der Waals surface area contributed by atoms with Crippen LogP contribution in [0.5, 0.6) is 11.5 Å². The minimum atomic E-state index is -1.21. The molecule has 0 saturated heterocycles. The second-order valence-corrected chi connectivity index (χ2v) is 7.35. The first-order chi connectivity index (χ1) is 13.1. The van der Waals surface area contributed by atoms with Crippen LogP contribution in [0.4, 0.5) is 4.79 Å². The number of hydrogen-bond donors (Lipinski definition) is 3. The zero-order valence-corrected chi connectivity index (χ0v) is 16.1. The molecule has 1 amide bonds. The first kappa shape index (κ1) is 21.1. The molecule has 0 aliphatic carbocycles. The Morgan fingerprint density at radius 3 is 2.36 bits per heavy atom. The van der Waals surface area contributed by atoms with Crippen LogP contribution in [-0.4, -0.2) is 33.9 Å². The topological polar surface area (TPSA) is 105 Å². The minimum Gasteiger partial charge on any atom is -0.508 e. The van der Waals surface area contributed by atoms with E-state index in [4.69, 9.17) is 9.47 Å². The van der Waals surface area contributed by atoms with Gasteiger partial charge in [0.15, 0.2) is 0 Å². The van der Waals surface area contributed by atoms with Crippen LogP contribution in [0, 0.1) is 0 Å². The third-order valence-corrected chi connectivity index (χ3v) is 3.63. The van der Waals surface area contributed by atoms with E-state index < -0.39 is 23.7 Å². The molecule has 0 radical (unpaired) electrons. The Labute approximate surface area is 163 Å². The fraction of sp³-hybridized carbons (Fsp3) is 0.333. The number of nitrogens with one attached hydrogen (secondary N) is 1. The summed E-state index contributed by atoms with van der Waals surface area (Å²) >= 11 is 0. The number of alkyl carbamates (subject to hydrolysis) is 1. The average molecular weight is 387 g/mol. The molecule has 0 heterocycles. The van der Waals surface area contributed by atoms with Crippen molar-refractivity contribution in [2.45, 2.75) is 45.4 Å². The largest absolute Gasteiger partial charge is 0.508 e. The lowest BCUT2D eigenvalue weighted by atomic mass is 10.1. The highest BCUT2D eigenvalue weighted by Crippen LogP contribution is 2.24. The number of amides is 1. The molecule has 0 fully saturated rings. The number of ether oxygens (including phenoxy) is 2. The van der Waals surface area contributed by atoms with Crippen LogP contribution in [0.2, 0.25) is 0 Å². The standard InChI is InChI=1S/C21H25NO6/c1-21(2,3)28-20(26)22-18(19(24)25)11-15-9-16(23)12-17(10-15)27-13-14-7-5-4-6-8-14/h4-10,12,18,23H,11,13H2,1-3H3,(H,22,26)(H,24,25)/t18-/m0/s1. The number of carbonyl (C=O) groups is 2. The number of hydrogen-bond acceptors (Lipinski definition) is 5. The molecule has 0 aliphatic rings. The Balaban J connectivity index is 2.06. The van der Waals surface area contributed by atoms with E-state index in [-0.39, 0.29) is 12.2 Å². The van der Waals surface area contributed by atoms with Crippen LogP contribution in [0.25, 0.3) is 0 Å². The van der Waals surface area contributed by atoms with E-state index in [9.17, 15) is 19.8 Å². The lowest BCUT2D eigenvalue weighted by Crippen LogP contribution is -2.44. The molecule has 150 valence electrons. The maximum absolute atomic E-state index is 11.9. The van der Waals surface area contributed by atoms with Gasteiger partial charge in [0.05, 0.1) is 0 Å². The molecule has 2 aromatic carbocycles. The maximum atomic E-state index is 11.9. The van der Waals surface area contributed by atoms with E-state index in [1.165, 1.54) is 12.1 Å². The Morgan fingerprint density at radius 2 is 1.75 bits per heavy atom. The highest BCUT2D eigenvalue weighted by Gasteiger charge is 2.24. The summed E-state index contributed by atoms with van der Waals surface area (Å²) in [6.45, 7) is 5.37. The number of phenolic OH excluding ortho intramolecular Hbond substituents is 1. The summed E-state index contributed by atoms with van der Waals surface area (Å²) in [6.07, 6.45) is -0.856. The van der Waals surface area contributed by atoms with Crippen molar-refractivity contribution < 1.29 is 29.3 Å². The lowest BCUT2D eigenvalue weighted by molar-refractivity contribution is -0.139. The van der Waals surface area contributed by atoms with E-state index in [0.717, 1.165) is 5.56 Å². The van der Waals surface area contributed by atoms with Crippen LogP contribution in [0.15, 0.2) is 48.5 Å². The van der Waals surface area contributed by atoms with Crippen molar-refractivity contribution in [3.63, 3.8) is 0 Å². The van der Waals surface area contributed by atoms with Crippen molar-refractivity contribution in [1.29, 1.82) is 0 Å². The summed E-state index contributed by atoms with van der Waals surface area (Å²) < 4.78 is 10.8. The number of aromatic hydroxyl groups is 1. The molecule has 0 aromatic heterocycles. The molecule has 28 heavy (non-hydrogen) atoms. The number of aliphatic carboxylic acids is 1. The van der Waals surface area contributed by atoms with Gasteiger partial charge in [-0.2, -0.15) is 0 Å². The summed E-state index contributed by atoms with van der Waals surface area (Å²) in [5.74, 6) is -0.858. The van der Waals surface area contributed by atoms with E-state index in [1.54, 1.807) is 26.8 Å². The number of phenols is 1. The molecule has 0 bridgehead atoms. The number of rotatable bonds is 7. The van der Waals surface area contributed by atoms with Gasteiger partial charge in [-0.3, -0.25) is 0 Å². The van der Waals surface area contributed by atoms with Crippen molar-refractivity contribution in [3.05, 3.63) is 59.7 Å². The predicted octanol–water partition coefficient (Wildman–Crippen LogP) is 3.49. The van der Waals surface area contributed by atoms with Gasteiger partial charge in [0.25, 0.3) is 0 Å². The van der Waals surface area contributed by atoms with Crippen molar-refractivity contribution in [2.75, 3.05) is 0 Å². The minimum absolute atomic E-state index is 0.0370. The fourth-order valence-corrected chi connectivity index (χ4v) is 2.47. The molecular formula is C21H25NO6. The summed E-state index contributed by atoms with van der Waals surface area (Å²) in [5, 5.41) is 21.7. The van der Waals surface area contributed by atoms with E-state index >= 15 is 0 Å². The highest BCUT2D eigenvalue weighted by atomic mass is 16.6. The summed E-state index contributed by atoms with van der Waals surface area (Å²) in [5.41, 5.74) is 0.727. The molecular weight excluding hydrogens is 362 g/mol. The normalized spacial score (nSPS) is 12.1. The van der Waals surface area contributed by atoms with Crippen LogP contribution >= 0.6 is 0 Å². The van der Waals surface area contributed by atoms with Gasteiger partial charge in [-0.25, -0.2) is 9.59 Å². The average Bonchev–Trinajstić information content (AvgIpc) is 2.58. The SMILES string of the molecule is CC(C)(C)OC(=O)N[C@@H](Cc1cc(O)cc(OCc2ccccc2)c1)C(=O)O. The Bertz CT molecular complexity index is 813. The van der Waals surface area contributed by atoms with Crippen LogP contribution < -0.4 is 10.1 Å². The van der Waals surface area contributed by atoms with Gasteiger partial charge in [0, 0.05) is 12.5 Å². The van der Waals surface area contributed by atoms with Gasteiger partial charge in [-0.15, -0.1) is 0 Å². The fourth-order valence-electron chi connectivity index (χ4n) is 2.47. The molecule has 7 heteroatoms. The van der Waals surface area contributed by atoms with Gasteiger partial charge >= 0.3 is 12.1 Å². The Hall–Kier alpha value is -3.22. The Kier molecular flexibility index (Phi) is 6.87. The van der Waals surface area contributed by atoms with Crippen molar-refractivity contribution in [2.24, 2.45) is 0 Å². The smallest absolute Gasteiger partial charge is 0.408 e. The zero-order valence-electron chi connectivity index (χ0n) is 16.1. The summed E-state index contributed by atoms with van der Waals surface area (Å²) in [4.78, 5) is 23.4. The maximum Gasteiger partial charge on any atom is 0.408 e. The second kappa shape index (κ2) is 9.12. The van der Waals surface area contributed by atoms with Crippen LogP contribution in [-0.2, 0) is 22.6 Å². The van der Waals surface area contributed by atoms with Gasteiger partial charge < -0.3 is 25.0 Å². The molecule has 0 aliphatic heterocycles. The van der Waals surface area contributed by atoms with Crippen LogP contribution in [0.1, 0.15) is 31.9 Å². The quantitative estimate of drug-likeness (QED) is 0.672. The van der Waals surface area contributed by atoms with Gasteiger partial charge in [-0.1, -0.05) is 30.3 Å².